The van der Waals surface area contributed by atoms with Crippen molar-refractivity contribution in [1.29, 1.82) is 0 Å². The molecule has 0 fully saturated rings. The topological polar surface area (TPSA) is 66.9 Å². The van der Waals surface area contributed by atoms with E-state index in [4.69, 9.17) is 0 Å². The van der Waals surface area contributed by atoms with Crippen LogP contribution in [0.5, 0.6) is 0 Å². The number of carbonyl (C=O) groups is 1. The highest BCUT2D eigenvalue weighted by atomic mass is 16.1. The molecule has 0 bridgehead atoms. The second kappa shape index (κ2) is 8.06. The first kappa shape index (κ1) is 16.6. The van der Waals surface area contributed by atoms with Gasteiger partial charge in [-0.3, -0.25) is 4.79 Å². The number of para-hydroxylation sites is 1. The van der Waals surface area contributed by atoms with Gasteiger partial charge in [-0.15, -0.1) is 0 Å². The van der Waals surface area contributed by atoms with Crippen molar-refractivity contribution < 1.29 is 4.79 Å². The van der Waals surface area contributed by atoms with Crippen molar-refractivity contribution in [3.63, 3.8) is 0 Å². The van der Waals surface area contributed by atoms with E-state index in [-0.39, 0.29) is 5.91 Å². The van der Waals surface area contributed by atoms with E-state index in [1.807, 2.05) is 60.7 Å². The van der Waals surface area contributed by atoms with Gasteiger partial charge in [-0.2, -0.15) is 0 Å². The van der Waals surface area contributed by atoms with Gasteiger partial charge in [0, 0.05) is 23.9 Å². The summed E-state index contributed by atoms with van der Waals surface area (Å²) in [5.41, 5.74) is 1.93. The van der Waals surface area contributed by atoms with Gasteiger partial charge >= 0.3 is 0 Å². The van der Waals surface area contributed by atoms with Gasteiger partial charge in [-0.05, 0) is 18.6 Å². The molecule has 0 aliphatic rings. The van der Waals surface area contributed by atoms with Gasteiger partial charge in [0.2, 0.25) is 0 Å². The number of carbonyl (C=O) groups excluding carboxylic acids is 1. The summed E-state index contributed by atoms with van der Waals surface area (Å²) in [6.45, 7) is 2.86. The van der Waals surface area contributed by atoms with Crippen LogP contribution in [0, 0.1) is 0 Å². The molecule has 5 nitrogen and oxygen atoms in total. The van der Waals surface area contributed by atoms with Crippen LogP contribution in [0.15, 0.2) is 66.7 Å². The molecule has 1 aromatic heterocycles. The number of anilines is 2. The second-order valence-electron chi connectivity index (χ2n) is 5.57. The van der Waals surface area contributed by atoms with Crippen LogP contribution in [-0.4, -0.2) is 22.4 Å². The Kier molecular flexibility index (Phi) is 5.36. The van der Waals surface area contributed by atoms with E-state index in [0.717, 1.165) is 24.2 Å². The predicted octanol–water partition coefficient (Wildman–Crippen LogP) is 4.22. The number of nitrogens with zero attached hydrogens (tertiary/aromatic N) is 2. The van der Waals surface area contributed by atoms with Crippen LogP contribution in [0.25, 0.3) is 11.4 Å². The maximum absolute atomic E-state index is 12.6. The van der Waals surface area contributed by atoms with Crippen molar-refractivity contribution in [3.05, 3.63) is 72.4 Å². The lowest BCUT2D eigenvalue weighted by atomic mass is 10.2. The van der Waals surface area contributed by atoms with Gasteiger partial charge in [-0.1, -0.05) is 55.5 Å². The number of aromatic nitrogens is 2. The zero-order valence-corrected chi connectivity index (χ0v) is 14.1. The highest BCUT2D eigenvalue weighted by Gasteiger charge is 2.13. The number of hydrogen-bond donors (Lipinski definition) is 2. The molecule has 0 radical (unpaired) electrons. The third kappa shape index (κ3) is 4.41. The molecule has 5 heteroatoms. The molecule has 2 N–H and O–H groups in total. The van der Waals surface area contributed by atoms with Crippen molar-refractivity contribution in [2.24, 2.45) is 0 Å². The minimum atomic E-state index is -0.259. The lowest BCUT2D eigenvalue weighted by Gasteiger charge is -2.10. The average molecular weight is 332 g/mol. The Balaban J connectivity index is 1.93. The third-order valence-electron chi connectivity index (χ3n) is 3.58. The summed E-state index contributed by atoms with van der Waals surface area (Å²) in [4.78, 5) is 21.6. The summed E-state index contributed by atoms with van der Waals surface area (Å²) in [5, 5.41) is 6.10. The highest BCUT2D eigenvalue weighted by Crippen LogP contribution is 2.18. The fourth-order valence-electron chi connectivity index (χ4n) is 2.34. The monoisotopic (exact) mass is 332 g/mol. The zero-order valence-electron chi connectivity index (χ0n) is 14.1. The second-order valence-corrected chi connectivity index (χ2v) is 5.57. The maximum atomic E-state index is 12.6. The first-order chi connectivity index (χ1) is 12.3. The van der Waals surface area contributed by atoms with Gasteiger partial charge < -0.3 is 10.6 Å². The Morgan fingerprint density at radius 3 is 2.32 bits per heavy atom. The Labute approximate surface area is 147 Å². The summed E-state index contributed by atoms with van der Waals surface area (Å²) in [7, 11) is 0. The number of amides is 1. The fourth-order valence-corrected chi connectivity index (χ4v) is 2.34. The van der Waals surface area contributed by atoms with Gasteiger partial charge in [0.25, 0.3) is 5.91 Å². The lowest BCUT2D eigenvalue weighted by Crippen LogP contribution is -2.15. The molecule has 0 aliphatic heterocycles. The van der Waals surface area contributed by atoms with Crippen LogP contribution in [0.2, 0.25) is 0 Å². The van der Waals surface area contributed by atoms with E-state index in [0.29, 0.717) is 17.3 Å². The van der Waals surface area contributed by atoms with Gasteiger partial charge in [0.05, 0.1) is 0 Å². The SMILES string of the molecule is CCCNc1cc(C(=O)Nc2ccccc2)nc(-c2ccccc2)n1. The molecule has 3 aromatic rings. The van der Waals surface area contributed by atoms with Crippen LogP contribution < -0.4 is 10.6 Å². The number of hydrogen-bond acceptors (Lipinski definition) is 4. The van der Waals surface area contributed by atoms with Crippen LogP contribution in [0.3, 0.4) is 0 Å². The van der Waals surface area contributed by atoms with E-state index >= 15 is 0 Å². The van der Waals surface area contributed by atoms with Crippen LogP contribution in [0.4, 0.5) is 11.5 Å². The maximum Gasteiger partial charge on any atom is 0.274 e. The average Bonchev–Trinajstić information content (AvgIpc) is 2.67. The molecule has 1 heterocycles. The molecule has 0 saturated heterocycles. The standard InChI is InChI=1S/C20H20N4O/c1-2-13-21-18-14-17(20(25)22-16-11-7-4-8-12-16)23-19(24-18)15-9-5-3-6-10-15/h3-12,14H,2,13H2,1H3,(H,22,25)(H,21,23,24). The Morgan fingerprint density at radius 2 is 1.64 bits per heavy atom. The molecular formula is C20H20N4O. The first-order valence-electron chi connectivity index (χ1n) is 8.31. The minimum absolute atomic E-state index is 0.259. The smallest absolute Gasteiger partial charge is 0.274 e. The summed E-state index contributed by atoms with van der Waals surface area (Å²) in [6, 6.07) is 20.7. The van der Waals surface area contributed by atoms with E-state index in [2.05, 4.69) is 27.5 Å². The molecule has 1 amide bonds. The van der Waals surface area contributed by atoms with Crippen LogP contribution >= 0.6 is 0 Å². The van der Waals surface area contributed by atoms with E-state index in [1.54, 1.807) is 6.07 Å². The molecule has 0 spiro atoms. The summed E-state index contributed by atoms with van der Waals surface area (Å²) in [6.07, 6.45) is 0.968. The molecule has 3 rings (SSSR count). The predicted molar refractivity (Wildman–Crippen MR) is 101 cm³/mol. The van der Waals surface area contributed by atoms with Crippen molar-refractivity contribution in [2.45, 2.75) is 13.3 Å². The third-order valence-corrected chi connectivity index (χ3v) is 3.58. The van der Waals surface area contributed by atoms with E-state index in [9.17, 15) is 4.79 Å². The van der Waals surface area contributed by atoms with Gasteiger partial charge in [0.15, 0.2) is 5.82 Å². The van der Waals surface area contributed by atoms with Crippen LogP contribution in [0.1, 0.15) is 23.8 Å². The van der Waals surface area contributed by atoms with Crippen molar-refractivity contribution in [1.82, 2.24) is 9.97 Å². The molecule has 0 aliphatic carbocycles. The number of benzene rings is 2. The zero-order chi connectivity index (χ0) is 17.5. The fraction of sp³-hybridized carbons (Fsp3) is 0.150. The normalized spacial score (nSPS) is 10.3. The lowest BCUT2D eigenvalue weighted by molar-refractivity contribution is 0.102. The molecule has 2 aromatic carbocycles. The summed E-state index contributed by atoms with van der Waals surface area (Å²) < 4.78 is 0. The molecule has 126 valence electrons. The van der Waals surface area contributed by atoms with E-state index < -0.39 is 0 Å². The molecule has 25 heavy (non-hydrogen) atoms. The van der Waals surface area contributed by atoms with Crippen molar-refractivity contribution in [3.8, 4) is 11.4 Å². The van der Waals surface area contributed by atoms with Crippen LogP contribution in [-0.2, 0) is 0 Å². The molecule has 0 unspecified atom stereocenters. The number of nitrogens with one attached hydrogen (secondary N) is 2. The summed E-state index contributed by atoms with van der Waals surface area (Å²) >= 11 is 0. The Morgan fingerprint density at radius 1 is 0.960 bits per heavy atom. The largest absolute Gasteiger partial charge is 0.370 e. The Hall–Kier alpha value is -3.21. The summed E-state index contributed by atoms with van der Waals surface area (Å²) in [5.74, 6) is 0.916. The quantitative estimate of drug-likeness (QED) is 0.709. The van der Waals surface area contributed by atoms with Crippen molar-refractivity contribution >= 4 is 17.4 Å². The highest BCUT2D eigenvalue weighted by molar-refractivity contribution is 6.03. The number of rotatable bonds is 6. The Bertz CT molecular complexity index is 835. The first-order valence-corrected chi connectivity index (χ1v) is 8.31. The van der Waals surface area contributed by atoms with E-state index in [1.165, 1.54) is 0 Å². The molecular weight excluding hydrogens is 312 g/mol. The van der Waals surface area contributed by atoms with Gasteiger partial charge in [0.1, 0.15) is 11.5 Å². The minimum Gasteiger partial charge on any atom is -0.370 e. The van der Waals surface area contributed by atoms with Crippen molar-refractivity contribution in [2.75, 3.05) is 17.2 Å². The molecule has 0 atom stereocenters. The molecule has 0 saturated carbocycles. The van der Waals surface area contributed by atoms with Gasteiger partial charge in [-0.25, -0.2) is 9.97 Å².